The molecule has 368 valence electrons. The maximum absolute atomic E-state index is 6.81. The fourth-order valence-electron chi connectivity index (χ4n) is 10.4. The number of hydrogen-bond donors (Lipinski definition) is 0. The Morgan fingerprint density at radius 2 is 1.08 bits per heavy atom. The van der Waals surface area contributed by atoms with Crippen LogP contribution in [0.2, 0.25) is 0 Å². The number of aryl methyl sites for hydroxylation is 3. The summed E-state index contributed by atoms with van der Waals surface area (Å²) in [5.74, 6) is 5.97. The van der Waals surface area contributed by atoms with Gasteiger partial charge in [0, 0.05) is 51.6 Å². The van der Waals surface area contributed by atoms with Gasteiger partial charge in [-0.05, 0) is 55.0 Å². The zero-order valence-electron chi connectivity index (χ0n) is 40.9. The molecule has 0 atom stereocenters. The summed E-state index contributed by atoms with van der Waals surface area (Å²) in [6.07, 6.45) is 6.54. The fourth-order valence-corrected chi connectivity index (χ4v) is 14.9. The van der Waals surface area contributed by atoms with Gasteiger partial charge in [0.15, 0.2) is 17.2 Å². The van der Waals surface area contributed by atoms with E-state index < -0.39 is 19.8 Å². The molecule has 0 aliphatic carbocycles. The van der Waals surface area contributed by atoms with Gasteiger partial charge >= 0.3 is 205 Å². The van der Waals surface area contributed by atoms with Gasteiger partial charge in [0.1, 0.15) is 28.3 Å². The number of benzene rings is 7. The van der Waals surface area contributed by atoms with E-state index in [9.17, 15) is 0 Å². The van der Waals surface area contributed by atoms with Crippen molar-refractivity contribution in [2.45, 2.75) is 20.3 Å². The molecule has 7 aromatic carbocycles. The zero-order chi connectivity index (χ0) is 50.4. The maximum atomic E-state index is 6.81. The SMILES string of the molecule is Cc1ccc(C2=NC=CI2CCc2cccc3c2oc2c(-c4cccc(Oc5cc6cc7oc(Oc8cccc(-c9cccc%10c9oc9c(-n%11ccnc%11-c%11ccc(C)o%11)cccc9%10)c8)cc7cc6o5)c4)cccc23)o1. The molecule has 0 radical (unpaired) electrons. The van der Waals surface area contributed by atoms with Crippen molar-refractivity contribution in [2.24, 2.45) is 4.99 Å². The zero-order valence-corrected chi connectivity index (χ0v) is 43.0. The first-order valence-electron chi connectivity index (χ1n) is 24.9. The van der Waals surface area contributed by atoms with Crippen LogP contribution in [0.1, 0.15) is 22.8 Å². The average Bonchev–Trinajstić information content (AvgIpc) is 4.36. The molecule has 0 saturated carbocycles. The van der Waals surface area contributed by atoms with Gasteiger partial charge in [-0.2, -0.15) is 0 Å². The molecule has 0 fully saturated rings. The van der Waals surface area contributed by atoms with E-state index in [1.54, 1.807) is 6.20 Å². The first kappa shape index (κ1) is 44.2. The van der Waals surface area contributed by atoms with Crippen LogP contribution in [-0.4, -0.2) is 17.7 Å². The van der Waals surface area contributed by atoms with Gasteiger partial charge in [-0.15, -0.1) is 0 Å². The van der Waals surface area contributed by atoms with Crippen molar-refractivity contribution >= 4 is 89.4 Å². The summed E-state index contributed by atoms with van der Waals surface area (Å²) < 4.78 is 57.3. The molecule has 7 aromatic heterocycles. The Morgan fingerprint density at radius 3 is 1.71 bits per heavy atom. The van der Waals surface area contributed by atoms with E-state index in [0.717, 1.165) is 114 Å². The monoisotopic (exact) mass is 1110 g/mol. The minimum absolute atomic E-state index is 0.353. The summed E-state index contributed by atoms with van der Waals surface area (Å²) in [6.45, 7) is 3.90. The van der Waals surface area contributed by atoms with Crippen LogP contribution in [-0.2, 0) is 6.42 Å². The van der Waals surface area contributed by atoms with E-state index in [-0.39, 0.29) is 0 Å². The van der Waals surface area contributed by atoms with Crippen molar-refractivity contribution < 1.29 is 36.0 Å². The van der Waals surface area contributed by atoms with Crippen LogP contribution in [0.4, 0.5) is 0 Å². The van der Waals surface area contributed by atoms with E-state index >= 15 is 0 Å². The number of aliphatic imine (C=N–C) groups is 1. The van der Waals surface area contributed by atoms with Crippen LogP contribution in [0, 0.1) is 13.8 Å². The van der Waals surface area contributed by atoms with Gasteiger partial charge in [0.05, 0.1) is 5.69 Å². The van der Waals surface area contributed by atoms with Crippen molar-refractivity contribution in [3.05, 3.63) is 215 Å². The average molecular weight is 1110 g/mol. The van der Waals surface area contributed by atoms with Crippen molar-refractivity contribution in [1.29, 1.82) is 0 Å². The number of ether oxygens (including phenoxy) is 2. The van der Waals surface area contributed by atoms with E-state index in [1.807, 2.05) is 128 Å². The predicted octanol–water partition coefficient (Wildman–Crippen LogP) is 18.5. The molecular formula is C64H42IN3O8. The third kappa shape index (κ3) is 7.62. The van der Waals surface area contributed by atoms with E-state index in [4.69, 9.17) is 41.0 Å². The molecule has 15 rings (SSSR count). The van der Waals surface area contributed by atoms with Crippen LogP contribution in [0.15, 0.2) is 224 Å². The van der Waals surface area contributed by atoms with Gasteiger partial charge in [-0.3, -0.25) is 4.57 Å². The number of halogens is 1. The van der Waals surface area contributed by atoms with Gasteiger partial charge in [0.25, 0.3) is 5.95 Å². The molecule has 1 aliphatic rings. The van der Waals surface area contributed by atoms with Crippen LogP contribution < -0.4 is 9.47 Å². The third-order valence-electron chi connectivity index (χ3n) is 13.9. The Bertz CT molecular complexity index is 4610. The summed E-state index contributed by atoms with van der Waals surface area (Å²) in [5.41, 5.74) is 10.5. The fraction of sp³-hybridized carbons (Fsp3) is 0.0625. The number of rotatable bonds is 12. The van der Waals surface area contributed by atoms with Crippen molar-refractivity contribution in [1.82, 2.24) is 9.55 Å². The molecule has 0 bridgehead atoms. The summed E-state index contributed by atoms with van der Waals surface area (Å²) in [6, 6.07) is 56.6. The second-order valence-corrected chi connectivity index (χ2v) is 23.9. The summed E-state index contributed by atoms with van der Waals surface area (Å²) in [5, 5.41) is 5.84. The Morgan fingerprint density at radius 1 is 0.513 bits per heavy atom. The molecule has 0 amide bonds. The summed E-state index contributed by atoms with van der Waals surface area (Å²) in [7, 11) is 0. The van der Waals surface area contributed by atoms with Crippen molar-refractivity contribution in [2.75, 3.05) is 4.43 Å². The molecule has 76 heavy (non-hydrogen) atoms. The predicted molar refractivity (Wildman–Crippen MR) is 306 cm³/mol. The molecule has 1 aliphatic heterocycles. The number of furan rings is 6. The molecule has 0 N–H and O–H groups in total. The standard InChI is InChI=1S/C64H42IN3O8/c1-37-21-23-53(69-37)63-65(27-28-66-63)26-25-39-9-5-16-48-49-17-6-14-46(60(49)75-59(39)48)40-10-3-12-44(31-40)71-57-35-42-33-56-43(34-55(42)73-57)36-58(74-56)72-45-13-4-11-41(32-45)47-15-7-18-50-51-19-8-20-52(62(51)76-61(47)50)68-30-29-67-64(68)54-24-22-38(2)70-54/h3-24,27-36H,25-26H2,1-2H3. The first-order valence-corrected chi connectivity index (χ1v) is 28.7. The Labute approximate surface area is 440 Å². The number of aromatic nitrogens is 2. The number of para-hydroxylation sites is 4. The molecular weight excluding hydrogens is 1070 g/mol. The third-order valence-corrected chi connectivity index (χ3v) is 19.0. The number of nitrogens with zero attached hydrogens (tertiary/aromatic N) is 3. The van der Waals surface area contributed by atoms with E-state index in [2.05, 4.69) is 81.9 Å². The van der Waals surface area contributed by atoms with Gasteiger partial charge in [-0.25, -0.2) is 4.98 Å². The Hall–Kier alpha value is -9.27. The van der Waals surface area contributed by atoms with Crippen LogP contribution in [0.3, 0.4) is 0 Å². The molecule has 0 saturated heterocycles. The van der Waals surface area contributed by atoms with Crippen molar-refractivity contribution in [3.63, 3.8) is 0 Å². The van der Waals surface area contributed by atoms with Gasteiger partial charge in [-0.1, -0.05) is 42.5 Å². The summed E-state index contributed by atoms with van der Waals surface area (Å²) >= 11 is -1.66. The molecule has 12 heteroatoms. The number of fused-ring (bicyclic) bond motifs is 8. The first-order chi connectivity index (χ1) is 37.4. The topological polar surface area (TPSA) is 127 Å². The van der Waals surface area contributed by atoms with Gasteiger partial charge < -0.3 is 22.4 Å². The number of imidazole rings is 1. The van der Waals surface area contributed by atoms with Crippen LogP contribution in [0.25, 0.3) is 105 Å². The molecule has 0 spiro atoms. The van der Waals surface area contributed by atoms with Crippen LogP contribution >= 0.6 is 19.8 Å². The quantitative estimate of drug-likeness (QED) is 0.0868. The molecule has 11 nitrogen and oxygen atoms in total. The molecule has 8 heterocycles. The Balaban J connectivity index is 0.666. The number of alkyl halides is 1. The molecule has 14 aromatic rings. The van der Waals surface area contributed by atoms with Crippen molar-refractivity contribution in [3.8, 4) is 62.9 Å². The second-order valence-electron chi connectivity index (χ2n) is 18.8. The second kappa shape index (κ2) is 17.7. The van der Waals surface area contributed by atoms with E-state index in [0.29, 0.717) is 46.1 Å². The van der Waals surface area contributed by atoms with Gasteiger partial charge in [0.2, 0.25) is 0 Å². The molecule has 0 unspecified atom stereocenters. The Kier molecular flexibility index (Phi) is 10.3. The van der Waals surface area contributed by atoms with Crippen LogP contribution in [0.5, 0.6) is 23.4 Å². The van der Waals surface area contributed by atoms with E-state index in [1.165, 1.54) is 5.56 Å². The minimum atomic E-state index is -1.66. The summed E-state index contributed by atoms with van der Waals surface area (Å²) in [4.78, 5) is 9.33. The number of hydrogen-bond acceptors (Lipinski definition) is 10. The normalized spacial score (nSPS) is 13.2.